The van der Waals surface area contributed by atoms with Crippen LogP contribution in [0.15, 0.2) is 30.6 Å². The summed E-state index contributed by atoms with van der Waals surface area (Å²) in [7, 11) is 0. The lowest BCUT2D eigenvalue weighted by Crippen LogP contribution is -2.36. The molecule has 5 heteroatoms. The van der Waals surface area contributed by atoms with Crippen molar-refractivity contribution in [2.24, 2.45) is 0 Å². The summed E-state index contributed by atoms with van der Waals surface area (Å²) < 4.78 is 0. The van der Waals surface area contributed by atoms with Crippen LogP contribution in [0.2, 0.25) is 0 Å². The Bertz CT molecular complexity index is 782. The number of hydrogen-bond acceptors (Lipinski definition) is 4. The van der Waals surface area contributed by atoms with Crippen molar-refractivity contribution >= 4 is 27.8 Å². The van der Waals surface area contributed by atoms with Crippen LogP contribution in [0.4, 0.5) is 5.82 Å². The summed E-state index contributed by atoms with van der Waals surface area (Å²) >= 11 is 0. The van der Waals surface area contributed by atoms with E-state index in [4.69, 9.17) is 0 Å². The normalized spacial score (nSPS) is 22.7. The first-order chi connectivity index (χ1) is 10.3. The van der Waals surface area contributed by atoms with Gasteiger partial charge in [-0.25, -0.2) is 9.97 Å². The lowest BCUT2D eigenvalue weighted by atomic mass is 9.92. The minimum absolute atomic E-state index is 0.0725. The van der Waals surface area contributed by atoms with Gasteiger partial charge in [0.05, 0.1) is 12.1 Å². The third-order valence-electron chi connectivity index (χ3n) is 4.34. The molecule has 0 radical (unpaired) electrons. The van der Waals surface area contributed by atoms with E-state index in [9.17, 15) is 5.11 Å². The monoisotopic (exact) mass is 282 g/mol. The fourth-order valence-electron chi connectivity index (χ4n) is 3.21. The first-order valence-corrected chi connectivity index (χ1v) is 7.49. The third kappa shape index (κ3) is 2.14. The van der Waals surface area contributed by atoms with Crippen molar-refractivity contribution in [2.45, 2.75) is 37.8 Å². The van der Waals surface area contributed by atoms with E-state index in [1.807, 2.05) is 18.2 Å². The van der Waals surface area contributed by atoms with E-state index in [1.165, 1.54) is 0 Å². The molecular weight excluding hydrogens is 264 g/mol. The van der Waals surface area contributed by atoms with Gasteiger partial charge in [0.25, 0.3) is 0 Å². The second-order valence-corrected chi connectivity index (χ2v) is 5.72. The number of anilines is 1. The maximum atomic E-state index is 10.1. The van der Waals surface area contributed by atoms with Gasteiger partial charge in [0.1, 0.15) is 17.4 Å². The predicted molar refractivity (Wildman–Crippen MR) is 83.3 cm³/mol. The fraction of sp³-hybridized carbons (Fsp3) is 0.375. The summed E-state index contributed by atoms with van der Waals surface area (Å²) in [5.41, 5.74) is 2.89. The number of nitrogens with one attached hydrogen (secondary N) is 2. The molecule has 3 N–H and O–H groups in total. The number of aromatic amines is 1. The van der Waals surface area contributed by atoms with Crippen molar-refractivity contribution in [1.82, 2.24) is 15.0 Å². The Labute approximate surface area is 122 Å². The Hall–Kier alpha value is -2.14. The van der Waals surface area contributed by atoms with Crippen molar-refractivity contribution in [3.63, 3.8) is 0 Å². The second-order valence-electron chi connectivity index (χ2n) is 5.72. The molecule has 4 rings (SSSR count). The molecule has 1 aliphatic carbocycles. The zero-order valence-electron chi connectivity index (χ0n) is 11.7. The van der Waals surface area contributed by atoms with Gasteiger partial charge >= 0.3 is 0 Å². The quantitative estimate of drug-likeness (QED) is 0.675. The van der Waals surface area contributed by atoms with Crippen molar-refractivity contribution in [3.8, 4) is 0 Å². The highest BCUT2D eigenvalue weighted by Gasteiger charge is 2.24. The standard InChI is InChI=1S/C16H18N4O/c21-13-8-4-3-7-12(13)20-16-15-14(17-9-18-16)10-5-1-2-6-11(10)19-15/h1-2,5-6,9,12-13,19,21H,3-4,7-8H2,(H,17,18,20)/t12?,13-/m0/s1. The molecule has 0 amide bonds. The number of H-pyrrole nitrogens is 1. The highest BCUT2D eigenvalue weighted by atomic mass is 16.3. The van der Waals surface area contributed by atoms with Gasteiger partial charge in [-0.1, -0.05) is 31.0 Å². The van der Waals surface area contributed by atoms with E-state index in [0.717, 1.165) is 53.4 Å². The van der Waals surface area contributed by atoms with Crippen LogP contribution in [-0.2, 0) is 0 Å². The molecule has 0 bridgehead atoms. The van der Waals surface area contributed by atoms with Crippen molar-refractivity contribution < 1.29 is 5.11 Å². The second kappa shape index (κ2) is 5.00. The van der Waals surface area contributed by atoms with E-state index in [1.54, 1.807) is 6.33 Å². The average molecular weight is 282 g/mol. The number of aliphatic hydroxyl groups is 1. The molecule has 1 saturated carbocycles. The minimum Gasteiger partial charge on any atom is -0.391 e. The molecule has 1 aromatic carbocycles. The molecular formula is C16H18N4O. The Kier molecular flexibility index (Phi) is 3.00. The molecule has 108 valence electrons. The molecule has 1 aliphatic rings. The highest BCUT2D eigenvalue weighted by Crippen LogP contribution is 2.29. The SMILES string of the molecule is O[C@H]1CCCCC1Nc1ncnc2c1[nH]c1ccccc12. The molecule has 1 fully saturated rings. The molecule has 3 aromatic rings. The topological polar surface area (TPSA) is 73.8 Å². The number of rotatable bonds is 2. The van der Waals surface area contributed by atoms with Crippen molar-refractivity contribution in [2.75, 3.05) is 5.32 Å². The molecule has 2 heterocycles. The molecule has 0 aliphatic heterocycles. The fourth-order valence-corrected chi connectivity index (χ4v) is 3.21. The van der Waals surface area contributed by atoms with Gasteiger partial charge in [-0.15, -0.1) is 0 Å². The van der Waals surface area contributed by atoms with Crippen LogP contribution in [0.3, 0.4) is 0 Å². The van der Waals surface area contributed by atoms with Crippen LogP contribution in [0.25, 0.3) is 21.9 Å². The lowest BCUT2D eigenvalue weighted by molar-refractivity contribution is 0.116. The maximum Gasteiger partial charge on any atom is 0.154 e. The predicted octanol–water partition coefficient (Wildman–Crippen LogP) is 2.83. The van der Waals surface area contributed by atoms with E-state index in [0.29, 0.717) is 0 Å². The molecule has 0 saturated heterocycles. The van der Waals surface area contributed by atoms with Crippen LogP contribution < -0.4 is 5.32 Å². The van der Waals surface area contributed by atoms with Gasteiger partial charge in [0.15, 0.2) is 5.82 Å². The van der Waals surface area contributed by atoms with Crippen molar-refractivity contribution in [3.05, 3.63) is 30.6 Å². The average Bonchev–Trinajstić information content (AvgIpc) is 2.89. The largest absolute Gasteiger partial charge is 0.391 e. The maximum absolute atomic E-state index is 10.1. The van der Waals surface area contributed by atoms with Crippen LogP contribution in [-0.4, -0.2) is 32.2 Å². The van der Waals surface area contributed by atoms with Gasteiger partial charge in [-0.05, 0) is 18.9 Å². The smallest absolute Gasteiger partial charge is 0.154 e. The summed E-state index contributed by atoms with van der Waals surface area (Å²) in [5.74, 6) is 0.780. The van der Waals surface area contributed by atoms with Crippen LogP contribution in [0, 0.1) is 0 Å². The molecule has 2 atom stereocenters. The minimum atomic E-state index is -0.298. The van der Waals surface area contributed by atoms with Gasteiger partial charge < -0.3 is 15.4 Å². The summed E-state index contributed by atoms with van der Waals surface area (Å²) in [6.45, 7) is 0. The molecule has 21 heavy (non-hydrogen) atoms. The number of nitrogens with zero attached hydrogens (tertiary/aromatic N) is 2. The zero-order valence-corrected chi connectivity index (χ0v) is 11.7. The summed E-state index contributed by atoms with van der Waals surface area (Å²) in [4.78, 5) is 12.1. The van der Waals surface area contributed by atoms with Gasteiger partial charge in [-0.3, -0.25) is 0 Å². The van der Waals surface area contributed by atoms with Crippen LogP contribution in [0.1, 0.15) is 25.7 Å². The zero-order chi connectivity index (χ0) is 14.2. The van der Waals surface area contributed by atoms with E-state index in [2.05, 4.69) is 26.3 Å². The van der Waals surface area contributed by atoms with Crippen LogP contribution >= 0.6 is 0 Å². The Morgan fingerprint density at radius 2 is 2.00 bits per heavy atom. The van der Waals surface area contributed by atoms with Gasteiger partial charge in [0, 0.05) is 10.9 Å². The number of benzene rings is 1. The number of fused-ring (bicyclic) bond motifs is 3. The molecule has 0 spiro atoms. The third-order valence-corrected chi connectivity index (χ3v) is 4.34. The van der Waals surface area contributed by atoms with E-state index in [-0.39, 0.29) is 12.1 Å². The van der Waals surface area contributed by atoms with Crippen molar-refractivity contribution in [1.29, 1.82) is 0 Å². The molecule has 1 unspecified atom stereocenters. The summed E-state index contributed by atoms with van der Waals surface area (Å²) in [5, 5.41) is 14.6. The number of aromatic nitrogens is 3. The highest BCUT2D eigenvalue weighted by molar-refractivity contribution is 6.07. The summed E-state index contributed by atoms with van der Waals surface area (Å²) in [6.07, 6.45) is 5.37. The number of aliphatic hydroxyl groups excluding tert-OH is 1. The Morgan fingerprint density at radius 3 is 2.90 bits per heavy atom. The molecule has 2 aromatic heterocycles. The number of hydrogen-bond donors (Lipinski definition) is 3. The summed E-state index contributed by atoms with van der Waals surface area (Å²) in [6, 6.07) is 8.18. The first kappa shape index (κ1) is 12.6. The lowest BCUT2D eigenvalue weighted by Gasteiger charge is -2.28. The van der Waals surface area contributed by atoms with E-state index < -0.39 is 0 Å². The van der Waals surface area contributed by atoms with Gasteiger partial charge in [-0.2, -0.15) is 0 Å². The molecule has 5 nitrogen and oxygen atoms in total. The first-order valence-electron chi connectivity index (χ1n) is 7.49. The van der Waals surface area contributed by atoms with E-state index >= 15 is 0 Å². The van der Waals surface area contributed by atoms with Crippen LogP contribution in [0.5, 0.6) is 0 Å². The van der Waals surface area contributed by atoms with Gasteiger partial charge in [0.2, 0.25) is 0 Å². The Morgan fingerprint density at radius 1 is 1.14 bits per heavy atom. The number of para-hydroxylation sites is 1. The Balaban J connectivity index is 1.78.